The number of carbonyl (C=O) groups is 1. The molecule has 0 unspecified atom stereocenters. The number of benzene rings is 2. The molecular weight excluding hydrogens is 403 g/mol. The van der Waals surface area contributed by atoms with Crippen molar-refractivity contribution in [3.8, 4) is 0 Å². The van der Waals surface area contributed by atoms with Crippen molar-refractivity contribution < 1.29 is 18.0 Å². The second-order valence-electron chi connectivity index (χ2n) is 8.06. The average Bonchev–Trinajstić information content (AvgIpc) is 3.02. The highest BCUT2D eigenvalue weighted by Gasteiger charge is 2.30. The summed E-state index contributed by atoms with van der Waals surface area (Å²) in [4.78, 5) is 20.1. The lowest BCUT2D eigenvalue weighted by molar-refractivity contribution is -0.137. The zero-order valence-corrected chi connectivity index (χ0v) is 17.3. The van der Waals surface area contributed by atoms with E-state index in [0.717, 1.165) is 60.2 Å². The van der Waals surface area contributed by atoms with E-state index in [1.54, 1.807) is 0 Å². The Hall–Kier alpha value is -2.80. The summed E-state index contributed by atoms with van der Waals surface area (Å²) in [5, 5.41) is 1.16. The summed E-state index contributed by atoms with van der Waals surface area (Å²) in [6.45, 7) is 3.51. The van der Waals surface area contributed by atoms with Crippen LogP contribution < -0.4 is 0 Å². The number of alkyl halides is 3. The van der Waals surface area contributed by atoms with E-state index < -0.39 is 11.7 Å². The van der Waals surface area contributed by atoms with Gasteiger partial charge in [-0.15, -0.1) is 0 Å². The number of hydrogen-bond acceptors (Lipinski definition) is 2. The number of rotatable bonds is 5. The van der Waals surface area contributed by atoms with Gasteiger partial charge < -0.3 is 9.88 Å². The van der Waals surface area contributed by atoms with Crippen LogP contribution in [-0.4, -0.2) is 46.9 Å². The predicted octanol–water partition coefficient (Wildman–Crippen LogP) is 4.85. The van der Waals surface area contributed by atoms with Crippen molar-refractivity contribution in [3.05, 3.63) is 71.4 Å². The van der Waals surface area contributed by atoms with Gasteiger partial charge in [-0.25, -0.2) is 0 Å². The van der Waals surface area contributed by atoms with Crippen LogP contribution in [0.5, 0.6) is 0 Å². The molecule has 1 aliphatic rings. The fraction of sp³-hybridized carbons (Fsp3) is 0.375. The van der Waals surface area contributed by atoms with E-state index >= 15 is 0 Å². The largest absolute Gasteiger partial charge is 0.416 e. The summed E-state index contributed by atoms with van der Waals surface area (Å²) >= 11 is 0. The van der Waals surface area contributed by atoms with E-state index in [-0.39, 0.29) is 5.91 Å². The maximum atomic E-state index is 12.8. The van der Waals surface area contributed by atoms with Gasteiger partial charge in [0.05, 0.1) is 5.56 Å². The van der Waals surface area contributed by atoms with Gasteiger partial charge in [0.15, 0.2) is 0 Å². The van der Waals surface area contributed by atoms with E-state index in [1.807, 2.05) is 29.3 Å². The zero-order valence-electron chi connectivity index (χ0n) is 17.3. The first-order valence-electron chi connectivity index (χ1n) is 10.6. The van der Waals surface area contributed by atoms with E-state index in [4.69, 9.17) is 0 Å². The number of hydrogen-bond donors (Lipinski definition) is 1. The first kappa shape index (κ1) is 21.4. The molecule has 0 spiro atoms. The summed E-state index contributed by atoms with van der Waals surface area (Å²) in [5.41, 5.74) is 2.47. The number of H-pyrrole nitrogens is 1. The molecule has 4 rings (SSSR count). The molecule has 1 N–H and O–H groups in total. The molecule has 0 aliphatic carbocycles. The minimum atomic E-state index is -4.31. The third kappa shape index (κ3) is 5.28. The summed E-state index contributed by atoms with van der Waals surface area (Å²) < 4.78 is 38.2. The van der Waals surface area contributed by atoms with Crippen LogP contribution in [-0.2, 0) is 23.9 Å². The van der Waals surface area contributed by atoms with Gasteiger partial charge in [0, 0.05) is 56.2 Å². The van der Waals surface area contributed by atoms with Gasteiger partial charge in [-0.2, -0.15) is 13.2 Å². The highest BCUT2D eigenvalue weighted by atomic mass is 19.4. The number of aromatic amines is 1. The molecule has 1 amide bonds. The molecule has 7 heteroatoms. The van der Waals surface area contributed by atoms with Crippen molar-refractivity contribution in [1.29, 1.82) is 0 Å². The van der Waals surface area contributed by atoms with E-state index in [2.05, 4.69) is 16.0 Å². The Balaban J connectivity index is 1.28. The first-order valence-corrected chi connectivity index (χ1v) is 10.6. The van der Waals surface area contributed by atoms with Crippen molar-refractivity contribution in [2.45, 2.75) is 32.0 Å². The fourth-order valence-electron chi connectivity index (χ4n) is 4.17. The van der Waals surface area contributed by atoms with Crippen molar-refractivity contribution >= 4 is 16.8 Å². The Kier molecular flexibility index (Phi) is 6.32. The summed E-state index contributed by atoms with van der Waals surface area (Å²) in [6.07, 6.45) is -0.296. The lowest BCUT2D eigenvalue weighted by Gasteiger charge is -2.22. The molecule has 1 fully saturated rings. The van der Waals surface area contributed by atoms with Gasteiger partial charge in [-0.3, -0.25) is 9.69 Å². The quantitative estimate of drug-likeness (QED) is 0.630. The number of aromatic nitrogens is 1. The van der Waals surface area contributed by atoms with Crippen LogP contribution >= 0.6 is 0 Å². The van der Waals surface area contributed by atoms with Crippen molar-refractivity contribution in [1.82, 2.24) is 14.8 Å². The van der Waals surface area contributed by atoms with Crippen LogP contribution in [0.4, 0.5) is 13.2 Å². The van der Waals surface area contributed by atoms with Crippen LogP contribution in [0.25, 0.3) is 10.9 Å². The number of nitrogens with zero attached hydrogens (tertiary/aromatic N) is 2. The SMILES string of the molecule is O=C(CCc1c[nH]c2ccccc12)N1CCCN(Cc2ccc(C(F)(F)F)cc2)CC1. The summed E-state index contributed by atoms with van der Waals surface area (Å²) in [5.74, 6) is 0.154. The number of aryl methyl sites for hydroxylation is 1. The molecule has 1 aliphatic heterocycles. The molecule has 4 nitrogen and oxygen atoms in total. The smallest absolute Gasteiger partial charge is 0.361 e. The van der Waals surface area contributed by atoms with Crippen LogP contribution in [0.15, 0.2) is 54.7 Å². The molecule has 3 aromatic rings. The Morgan fingerprint density at radius 1 is 0.968 bits per heavy atom. The molecule has 1 saturated heterocycles. The van der Waals surface area contributed by atoms with Crippen molar-refractivity contribution in [3.63, 3.8) is 0 Å². The van der Waals surface area contributed by atoms with Gasteiger partial charge in [-0.05, 0) is 42.2 Å². The molecule has 2 aromatic carbocycles. The summed E-state index contributed by atoms with van der Waals surface area (Å²) in [6, 6.07) is 13.4. The molecule has 0 atom stereocenters. The fourth-order valence-corrected chi connectivity index (χ4v) is 4.17. The average molecular weight is 429 g/mol. The number of para-hydroxylation sites is 1. The normalized spacial score (nSPS) is 15.9. The molecule has 0 bridgehead atoms. The van der Waals surface area contributed by atoms with E-state index in [0.29, 0.717) is 25.9 Å². The van der Waals surface area contributed by atoms with E-state index in [9.17, 15) is 18.0 Å². The maximum Gasteiger partial charge on any atom is 0.416 e. The molecule has 2 heterocycles. The number of nitrogens with one attached hydrogen (secondary N) is 1. The predicted molar refractivity (Wildman–Crippen MR) is 115 cm³/mol. The number of amides is 1. The van der Waals surface area contributed by atoms with Crippen LogP contribution in [0, 0.1) is 0 Å². The van der Waals surface area contributed by atoms with Gasteiger partial charge in [-0.1, -0.05) is 30.3 Å². The van der Waals surface area contributed by atoms with Crippen LogP contribution in [0.2, 0.25) is 0 Å². The van der Waals surface area contributed by atoms with Gasteiger partial charge >= 0.3 is 6.18 Å². The summed E-state index contributed by atoms with van der Waals surface area (Å²) in [7, 11) is 0. The van der Waals surface area contributed by atoms with E-state index in [1.165, 1.54) is 12.1 Å². The molecule has 0 saturated carbocycles. The monoisotopic (exact) mass is 429 g/mol. The number of halogens is 3. The standard InChI is InChI=1S/C24H26F3N3O/c25-24(26,27)20-9-6-18(7-10-20)17-29-12-3-13-30(15-14-29)23(31)11-8-19-16-28-22-5-2-1-4-21(19)22/h1-2,4-7,9-10,16,28H,3,8,11-15,17H2. The van der Waals surface area contributed by atoms with Gasteiger partial charge in [0.25, 0.3) is 0 Å². The van der Waals surface area contributed by atoms with Crippen molar-refractivity contribution in [2.75, 3.05) is 26.2 Å². The Morgan fingerprint density at radius 2 is 1.74 bits per heavy atom. The molecular formula is C24H26F3N3O. The second-order valence-corrected chi connectivity index (χ2v) is 8.06. The van der Waals surface area contributed by atoms with Crippen molar-refractivity contribution in [2.24, 2.45) is 0 Å². The zero-order chi connectivity index (χ0) is 21.8. The molecule has 164 valence electrons. The topological polar surface area (TPSA) is 39.3 Å². The lowest BCUT2D eigenvalue weighted by Crippen LogP contribution is -2.35. The highest BCUT2D eigenvalue weighted by molar-refractivity contribution is 5.84. The first-order chi connectivity index (χ1) is 14.9. The van der Waals surface area contributed by atoms with Gasteiger partial charge in [0.1, 0.15) is 0 Å². The number of carbonyl (C=O) groups excluding carboxylic acids is 1. The third-order valence-corrected chi connectivity index (χ3v) is 5.91. The van der Waals surface area contributed by atoms with Crippen LogP contribution in [0.3, 0.4) is 0 Å². The molecule has 0 radical (unpaired) electrons. The third-order valence-electron chi connectivity index (χ3n) is 5.91. The minimum Gasteiger partial charge on any atom is -0.361 e. The lowest BCUT2D eigenvalue weighted by atomic mass is 10.1. The van der Waals surface area contributed by atoms with Crippen LogP contribution in [0.1, 0.15) is 29.5 Å². The maximum absolute atomic E-state index is 12.8. The Labute approximate surface area is 179 Å². The number of fused-ring (bicyclic) bond motifs is 1. The Morgan fingerprint density at radius 3 is 2.52 bits per heavy atom. The Bertz CT molecular complexity index is 1030. The van der Waals surface area contributed by atoms with Gasteiger partial charge in [0.2, 0.25) is 5.91 Å². The highest BCUT2D eigenvalue weighted by Crippen LogP contribution is 2.29. The minimum absolute atomic E-state index is 0.154. The molecule has 31 heavy (non-hydrogen) atoms. The second kappa shape index (κ2) is 9.14. The molecule has 1 aromatic heterocycles.